The van der Waals surface area contributed by atoms with Gasteiger partial charge in [0.05, 0.1) is 17.8 Å². The Bertz CT molecular complexity index is 1120. The van der Waals surface area contributed by atoms with E-state index in [2.05, 4.69) is 10.1 Å². The number of pyridine rings is 1. The van der Waals surface area contributed by atoms with Gasteiger partial charge in [-0.3, -0.25) is 14.6 Å². The van der Waals surface area contributed by atoms with Gasteiger partial charge in [-0.15, -0.1) is 0 Å². The number of hydrogen-bond donors (Lipinski definition) is 2. The number of benzene rings is 3. The highest BCUT2D eigenvalue weighted by Crippen LogP contribution is 2.44. The summed E-state index contributed by atoms with van der Waals surface area (Å²) in [7, 11) is -3.19. The van der Waals surface area contributed by atoms with Crippen molar-refractivity contribution in [3.05, 3.63) is 126 Å². The largest absolute Gasteiger partial charge is 0.321 e. The molecule has 0 aliphatic rings. The van der Waals surface area contributed by atoms with E-state index in [-0.39, 0.29) is 0 Å². The molecule has 0 radical (unpaired) electrons. The molecule has 3 aromatic carbocycles. The van der Waals surface area contributed by atoms with Crippen LogP contribution in [0.5, 0.6) is 0 Å². The molecule has 1 aromatic heterocycles. The van der Waals surface area contributed by atoms with Gasteiger partial charge in [0.25, 0.3) is 0 Å². The molecule has 0 saturated carbocycles. The number of nitrogens with zero attached hydrogens (tertiary/aromatic N) is 1. The number of nitrogens with one attached hydrogen (secondary N) is 1. The van der Waals surface area contributed by atoms with Crippen LogP contribution in [0.2, 0.25) is 0 Å². The predicted molar refractivity (Wildman–Crippen MR) is 128 cm³/mol. The summed E-state index contributed by atoms with van der Waals surface area (Å²) in [5, 5.41) is 4.97. The predicted octanol–water partition coefficient (Wildman–Crippen LogP) is 4.65. The van der Waals surface area contributed by atoms with Crippen molar-refractivity contribution in [1.29, 1.82) is 0 Å². The molecule has 5 heteroatoms. The Kier molecular flexibility index (Phi) is 6.43. The number of nitrogens with two attached hydrogens (primary N) is 1. The number of aryl methyl sites for hydroxylation is 1. The molecule has 0 saturated heterocycles. The fraction of sp³-hybridized carbons (Fsp3) is 0.115. The van der Waals surface area contributed by atoms with Gasteiger partial charge in [-0.25, -0.2) is 0 Å². The van der Waals surface area contributed by atoms with E-state index in [4.69, 9.17) is 5.73 Å². The fourth-order valence-electron chi connectivity index (χ4n) is 3.71. The van der Waals surface area contributed by atoms with E-state index in [1.807, 2.05) is 116 Å². The number of hydrogen-bond acceptors (Lipinski definition) is 3. The number of aromatic nitrogens is 1. The molecule has 31 heavy (non-hydrogen) atoms. The zero-order chi connectivity index (χ0) is 21.7. The quantitative estimate of drug-likeness (QED) is 0.421. The molecule has 0 bridgehead atoms. The minimum absolute atomic E-state index is 0.401. The van der Waals surface area contributed by atoms with Crippen LogP contribution in [0.1, 0.15) is 29.0 Å². The molecule has 4 rings (SSSR count). The second-order valence-electron chi connectivity index (χ2n) is 7.53. The van der Waals surface area contributed by atoms with E-state index in [0.29, 0.717) is 0 Å². The molecule has 0 amide bonds. The van der Waals surface area contributed by atoms with Gasteiger partial charge in [0.15, 0.2) is 0 Å². The van der Waals surface area contributed by atoms with Crippen molar-refractivity contribution in [2.45, 2.75) is 19.0 Å². The average molecular weight is 427 g/mol. The smallest absolute Gasteiger partial charge is 0.205 e. The van der Waals surface area contributed by atoms with Crippen molar-refractivity contribution in [3.63, 3.8) is 0 Å². The second kappa shape index (κ2) is 9.40. The molecule has 0 aliphatic carbocycles. The topological polar surface area (TPSA) is 68.0 Å². The van der Waals surface area contributed by atoms with Crippen molar-refractivity contribution < 1.29 is 4.57 Å². The van der Waals surface area contributed by atoms with Crippen LogP contribution in [0, 0.1) is 6.92 Å². The second-order valence-corrected chi connectivity index (χ2v) is 10.0. The summed E-state index contributed by atoms with van der Waals surface area (Å²) in [6.07, 6.45) is 0. The summed E-state index contributed by atoms with van der Waals surface area (Å²) in [6.45, 7) is 1.94. The zero-order valence-electron chi connectivity index (χ0n) is 17.4. The molecule has 4 aromatic rings. The van der Waals surface area contributed by atoms with Crippen LogP contribution in [-0.4, -0.2) is 4.98 Å². The van der Waals surface area contributed by atoms with Crippen LogP contribution in [0.25, 0.3) is 0 Å². The van der Waals surface area contributed by atoms with E-state index in [9.17, 15) is 4.57 Å². The lowest BCUT2D eigenvalue weighted by Gasteiger charge is -2.31. The van der Waals surface area contributed by atoms with Crippen LogP contribution in [-0.2, 0) is 4.57 Å². The van der Waals surface area contributed by atoms with E-state index >= 15 is 0 Å². The third-order valence-corrected chi connectivity index (χ3v) is 8.02. The van der Waals surface area contributed by atoms with Crippen molar-refractivity contribution in [1.82, 2.24) is 10.1 Å². The van der Waals surface area contributed by atoms with Crippen LogP contribution in [0.15, 0.2) is 109 Å². The standard InChI is InChI=1S/C26H26N3OP/c1-20-12-11-19-24(28-20)25(27)26(21-13-5-2-6-14-21)29-31(30,22-15-7-3-8-16-22)23-17-9-4-10-18-23/h2-19,25-26H,27H2,1H3,(H,29,30)/t25-,26-/m0/s1. The maximum atomic E-state index is 14.6. The lowest BCUT2D eigenvalue weighted by molar-refractivity contribution is 0.503. The van der Waals surface area contributed by atoms with Crippen molar-refractivity contribution in [3.8, 4) is 0 Å². The SMILES string of the molecule is Cc1cccc([C@H](N)[C@@H](NP(=O)(c2ccccc2)c2ccccc2)c2ccccc2)n1. The fourth-order valence-corrected chi connectivity index (χ4v) is 6.19. The van der Waals surface area contributed by atoms with Gasteiger partial charge in [0.1, 0.15) is 0 Å². The maximum Gasteiger partial charge on any atom is 0.205 e. The highest BCUT2D eigenvalue weighted by atomic mass is 31.2. The highest BCUT2D eigenvalue weighted by Gasteiger charge is 2.34. The van der Waals surface area contributed by atoms with Crippen LogP contribution in [0.3, 0.4) is 0 Å². The molecule has 0 fully saturated rings. The Hall–Kier alpha value is -3.04. The first kappa shape index (κ1) is 21.2. The van der Waals surface area contributed by atoms with Gasteiger partial charge in [0.2, 0.25) is 7.29 Å². The molecule has 156 valence electrons. The van der Waals surface area contributed by atoms with Crippen molar-refractivity contribution >= 4 is 17.9 Å². The normalized spacial score (nSPS) is 13.5. The molecular formula is C26H26N3OP. The minimum Gasteiger partial charge on any atom is -0.321 e. The van der Waals surface area contributed by atoms with E-state index < -0.39 is 19.4 Å². The molecular weight excluding hydrogens is 401 g/mol. The molecule has 0 spiro atoms. The summed E-state index contributed by atoms with van der Waals surface area (Å²) in [5.74, 6) is 0. The summed E-state index contributed by atoms with van der Waals surface area (Å²) in [6, 6.07) is 33.9. The first-order valence-electron chi connectivity index (χ1n) is 10.3. The Morgan fingerprint density at radius 2 is 1.26 bits per heavy atom. The Morgan fingerprint density at radius 1 is 0.742 bits per heavy atom. The maximum absolute atomic E-state index is 14.6. The molecule has 0 unspecified atom stereocenters. The van der Waals surface area contributed by atoms with E-state index in [0.717, 1.165) is 27.6 Å². The van der Waals surface area contributed by atoms with Crippen LogP contribution < -0.4 is 21.4 Å². The third kappa shape index (κ3) is 4.67. The van der Waals surface area contributed by atoms with Crippen LogP contribution in [0.4, 0.5) is 0 Å². The van der Waals surface area contributed by atoms with Gasteiger partial charge in [-0.05, 0) is 48.9 Å². The summed E-state index contributed by atoms with van der Waals surface area (Å²) < 4.78 is 14.6. The summed E-state index contributed by atoms with van der Waals surface area (Å²) in [5.41, 5.74) is 9.38. The van der Waals surface area contributed by atoms with Crippen LogP contribution >= 0.6 is 7.29 Å². The van der Waals surface area contributed by atoms with Gasteiger partial charge in [-0.2, -0.15) is 0 Å². The molecule has 1 heterocycles. The van der Waals surface area contributed by atoms with Gasteiger partial charge >= 0.3 is 0 Å². The molecule has 4 nitrogen and oxygen atoms in total. The molecule has 2 atom stereocenters. The van der Waals surface area contributed by atoms with Crippen molar-refractivity contribution in [2.75, 3.05) is 0 Å². The Balaban J connectivity index is 1.83. The summed E-state index contributed by atoms with van der Waals surface area (Å²) >= 11 is 0. The Labute approximate surface area is 183 Å². The summed E-state index contributed by atoms with van der Waals surface area (Å²) in [4.78, 5) is 4.64. The first-order chi connectivity index (χ1) is 15.1. The van der Waals surface area contributed by atoms with Gasteiger partial charge < -0.3 is 5.73 Å². The first-order valence-corrected chi connectivity index (χ1v) is 12.0. The molecule has 0 aliphatic heterocycles. The van der Waals surface area contributed by atoms with Crippen molar-refractivity contribution in [2.24, 2.45) is 5.73 Å². The lowest BCUT2D eigenvalue weighted by atomic mass is 9.98. The van der Waals surface area contributed by atoms with E-state index in [1.165, 1.54) is 0 Å². The molecule has 3 N–H and O–H groups in total. The Morgan fingerprint density at radius 3 is 1.77 bits per heavy atom. The number of rotatable bonds is 7. The third-order valence-electron chi connectivity index (χ3n) is 5.33. The minimum atomic E-state index is -3.19. The van der Waals surface area contributed by atoms with Gasteiger partial charge in [-0.1, -0.05) is 72.8 Å². The zero-order valence-corrected chi connectivity index (χ0v) is 18.3. The van der Waals surface area contributed by atoms with Gasteiger partial charge in [0, 0.05) is 16.3 Å². The monoisotopic (exact) mass is 427 g/mol. The highest BCUT2D eigenvalue weighted by molar-refractivity contribution is 7.76. The lowest BCUT2D eigenvalue weighted by Crippen LogP contribution is -2.36. The average Bonchev–Trinajstić information content (AvgIpc) is 2.83. The van der Waals surface area contributed by atoms with E-state index in [1.54, 1.807) is 0 Å².